The Morgan fingerprint density at radius 3 is 2.43 bits per heavy atom. The Kier molecular flexibility index (Phi) is 3.16. The highest BCUT2D eigenvalue weighted by Gasteiger charge is 2.39. The molecule has 1 heterocycles. The number of methoxy groups -OCH3 is 1. The van der Waals surface area contributed by atoms with E-state index in [1.807, 2.05) is 0 Å². The third-order valence-electron chi connectivity index (χ3n) is 2.62. The summed E-state index contributed by atoms with van der Waals surface area (Å²) >= 11 is 0. The molecule has 1 aliphatic heterocycles. The first-order chi connectivity index (χ1) is 6.38. The second-order valence-electron chi connectivity index (χ2n) is 3.57. The predicted octanol–water partition coefficient (Wildman–Crippen LogP) is -0.677. The van der Waals surface area contributed by atoms with E-state index in [-0.39, 0.29) is 11.8 Å². The van der Waals surface area contributed by atoms with Crippen molar-refractivity contribution in [2.45, 2.75) is 31.2 Å². The van der Waals surface area contributed by atoms with Crippen molar-refractivity contribution in [3.63, 3.8) is 0 Å². The van der Waals surface area contributed by atoms with Crippen LogP contribution in [0.15, 0.2) is 0 Å². The molecule has 5 nitrogen and oxygen atoms in total. The number of carbonyl (C=O) groups is 1. The van der Waals surface area contributed by atoms with Gasteiger partial charge >= 0.3 is 5.97 Å². The van der Waals surface area contributed by atoms with Crippen LogP contribution in [0.1, 0.15) is 13.8 Å². The van der Waals surface area contributed by atoms with E-state index >= 15 is 0 Å². The van der Waals surface area contributed by atoms with E-state index in [2.05, 4.69) is 10.1 Å². The zero-order valence-corrected chi connectivity index (χ0v) is 9.30. The zero-order chi connectivity index (χ0) is 10.9. The Bertz CT molecular complexity index is 324. The van der Waals surface area contributed by atoms with Crippen LogP contribution in [0.4, 0.5) is 0 Å². The van der Waals surface area contributed by atoms with Crippen LogP contribution in [0.3, 0.4) is 0 Å². The Hall–Kier alpha value is -0.620. The van der Waals surface area contributed by atoms with Crippen molar-refractivity contribution in [2.24, 2.45) is 0 Å². The van der Waals surface area contributed by atoms with E-state index < -0.39 is 27.1 Å². The Morgan fingerprint density at radius 2 is 2.00 bits per heavy atom. The molecule has 0 bridgehead atoms. The number of nitrogens with one attached hydrogen (secondary N) is 1. The molecule has 14 heavy (non-hydrogen) atoms. The Labute approximate surface area is 83.7 Å². The molecule has 1 rings (SSSR count). The smallest absolute Gasteiger partial charge is 0.323 e. The molecule has 1 aliphatic rings. The van der Waals surface area contributed by atoms with Crippen molar-refractivity contribution in [3.05, 3.63) is 0 Å². The SMILES string of the molecule is COC(=O)C1CS(=O)(=O)C(C)C(C)N1. The number of sulfone groups is 1. The molecule has 0 aromatic rings. The molecular weight excluding hydrogens is 206 g/mol. The monoisotopic (exact) mass is 221 g/mol. The summed E-state index contributed by atoms with van der Waals surface area (Å²) in [4.78, 5) is 11.2. The number of esters is 1. The van der Waals surface area contributed by atoms with Crippen molar-refractivity contribution in [2.75, 3.05) is 12.9 Å². The van der Waals surface area contributed by atoms with Gasteiger partial charge < -0.3 is 4.74 Å². The van der Waals surface area contributed by atoms with Gasteiger partial charge in [0.15, 0.2) is 9.84 Å². The fraction of sp³-hybridized carbons (Fsp3) is 0.875. The van der Waals surface area contributed by atoms with E-state index in [0.29, 0.717) is 0 Å². The molecule has 3 atom stereocenters. The summed E-state index contributed by atoms with van der Waals surface area (Å²) in [6.45, 7) is 3.39. The molecule has 0 amide bonds. The second kappa shape index (κ2) is 3.86. The Balaban J connectivity index is 2.84. The molecular formula is C8H15NO4S. The van der Waals surface area contributed by atoms with Gasteiger partial charge in [-0.1, -0.05) is 0 Å². The van der Waals surface area contributed by atoms with E-state index in [0.717, 1.165) is 0 Å². The summed E-state index contributed by atoms with van der Waals surface area (Å²) in [6, 6.07) is -0.950. The molecule has 1 N–H and O–H groups in total. The molecule has 0 aromatic heterocycles. The van der Waals surface area contributed by atoms with Gasteiger partial charge in [-0.15, -0.1) is 0 Å². The summed E-state index contributed by atoms with van der Waals surface area (Å²) in [5.74, 6) is -0.696. The van der Waals surface area contributed by atoms with Crippen molar-refractivity contribution < 1.29 is 17.9 Å². The van der Waals surface area contributed by atoms with Gasteiger partial charge in [-0.3, -0.25) is 10.1 Å². The highest BCUT2D eigenvalue weighted by molar-refractivity contribution is 7.92. The minimum Gasteiger partial charge on any atom is -0.468 e. The van der Waals surface area contributed by atoms with Crippen molar-refractivity contribution in [1.82, 2.24) is 5.32 Å². The third kappa shape index (κ3) is 2.06. The number of ether oxygens (including phenoxy) is 1. The quantitative estimate of drug-likeness (QED) is 0.594. The van der Waals surface area contributed by atoms with Crippen LogP contribution in [0.2, 0.25) is 0 Å². The highest BCUT2D eigenvalue weighted by atomic mass is 32.2. The summed E-state index contributed by atoms with van der Waals surface area (Å²) in [7, 11) is -1.93. The summed E-state index contributed by atoms with van der Waals surface area (Å²) < 4.78 is 27.7. The number of hydrogen-bond acceptors (Lipinski definition) is 5. The molecule has 0 aliphatic carbocycles. The fourth-order valence-corrected chi connectivity index (χ4v) is 3.18. The normalized spacial score (nSPS) is 36.4. The van der Waals surface area contributed by atoms with Crippen LogP contribution in [-0.4, -0.2) is 44.6 Å². The zero-order valence-electron chi connectivity index (χ0n) is 8.48. The van der Waals surface area contributed by atoms with E-state index in [1.165, 1.54) is 7.11 Å². The number of rotatable bonds is 1. The number of carbonyl (C=O) groups excluding carboxylic acids is 1. The Morgan fingerprint density at radius 1 is 1.43 bits per heavy atom. The molecule has 0 saturated carbocycles. The van der Waals surface area contributed by atoms with Gasteiger partial charge in [0.05, 0.1) is 18.1 Å². The average Bonchev–Trinajstić information content (AvgIpc) is 2.12. The van der Waals surface area contributed by atoms with Crippen LogP contribution in [-0.2, 0) is 19.4 Å². The molecule has 6 heteroatoms. The first-order valence-corrected chi connectivity index (χ1v) is 6.15. The largest absolute Gasteiger partial charge is 0.468 e. The molecule has 0 aromatic carbocycles. The van der Waals surface area contributed by atoms with Crippen LogP contribution in [0.5, 0.6) is 0 Å². The lowest BCUT2D eigenvalue weighted by atomic mass is 10.2. The van der Waals surface area contributed by atoms with Gasteiger partial charge in [-0.25, -0.2) is 8.42 Å². The van der Waals surface area contributed by atoms with Crippen LogP contribution in [0.25, 0.3) is 0 Å². The van der Waals surface area contributed by atoms with Gasteiger partial charge in [-0.2, -0.15) is 0 Å². The second-order valence-corrected chi connectivity index (χ2v) is 5.97. The lowest BCUT2D eigenvalue weighted by Gasteiger charge is -2.31. The van der Waals surface area contributed by atoms with Gasteiger partial charge in [0.1, 0.15) is 6.04 Å². The minimum atomic E-state index is -3.18. The lowest BCUT2D eigenvalue weighted by Crippen LogP contribution is -2.58. The minimum absolute atomic E-state index is 0.175. The standard InChI is InChI=1S/C8H15NO4S/c1-5-6(2)14(11,12)4-7(9-5)8(10)13-3/h5-7,9H,4H2,1-3H3. The van der Waals surface area contributed by atoms with Crippen molar-refractivity contribution >= 4 is 15.8 Å². The molecule has 0 spiro atoms. The maximum absolute atomic E-state index is 11.6. The topological polar surface area (TPSA) is 72.5 Å². The highest BCUT2D eigenvalue weighted by Crippen LogP contribution is 2.15. The van der Waals surface area contributed by atoms with E-state index in [4.69, 9.17) is 0 Å². The van der Waals surface area contributed by atoms with E-state index in [9.17, 15) is 13.2 Å². The number of hydrogen-bond donors (Lipinski definition) is 1. The van der Waals surface area contributed by atoms with Gasteiger partial charge in [0, 0.05) is 6.04 Å². The van der Waals surface area contributed by atoms with Gasteiger partial charge in [-0.05, 0) is 13.8 Å². The van der Waals surface area contributed by atoms with Crippen molar-refractivity contribution in [1.29, 1.82) is 0 Å². The van der Waals surface area contributed by atoms with Crippen LogP contribution < -0.4 is 5.32 Å². The molecule has 1 saturated heterocycles. The molecule has 0 radical (unpaired) electrons. The van der Waals surface area contributed by atoms with Crippen molar-refractivity contribution in [3.8, 4) is 0 Å². The average molecular weight is 221 g/mol. The summed E-state index contributed by atoms with van der Waals surface area (Å²) in [5, 5.41) is 2.46. The maximum atomic E-state index is 11.6. The van der Waals surface area contributed by atoms with Crippen LogP contribution >= 0.6 is 0 Å². The fourth-order valence-electron chi connectivity index (χ4n) is 1.47. The predicted molar refractivity (Wildman–Crippen MR) is 51.7 cm³/mol. The third-order valence-corrected chi connectivity index (χ3v) is 4.96. The molecule has 3 unspecified atom stereocenters. The molecule has 1 fully saturated rings. The lowest BCUT2D eigenvalue weighted by molar-refractivity contribution is -0.142. The summed E-state index contributed by atoms with van der Waals surface area (Å²) in [5.41, 5.74) is 0. The first kappa shape index (κ1) is 11.5. The summed E-state index contributed by atoms with van der Waals surface area (Å²) in [6.07, 6.45) is 0. The van der Waals surface area contributed by atoms with Crippen LogP contribution in [0, 0.1) is 0 Å². The van der Waals surface area contributed by atoms with Gasteiger partial charge in [0.2, 0.25) is 0 Å². The molecule has 82 valence electrons. The van der Waals surface area contributed by atoms with Gasteiger partial charge in [0.25, 0.3) is 0 Å². The van der Waals surface area contributed by atoms with E-state index in [1.54, 1.807) is 13.8 Å². The first-order valence-electron chi connectivity index (χ1n) is 4.44. The maximum Gasteiger partial charge on any atom is 0.323 e.